The highest BCUT2D eigenvalue weighted by Gasteiger charge is 2.15. The molecule has 1 N–H and O–H groups in total. The summed E-state index contributed by atoms with van der Waals surface area (Å²) >= 11 is 0. The predicted octanol–water partition coefficient (Wildman–Crippen LogP) is 3.12. The molecule has 21 heavy (non-hydrogen) atoms. The van der Waals surface area contributed by atoms with E-state index in [-0.39, 0.29) is 6.04 Å². The maximum absolute atomic E-state index is 5.39. The first-order chi connectivity index (χ1) is 10.3. The molecule has 1 aliphatic rings. The van der Waals surface area contributed by atoms with Crippen molar-refractivity contribution in [2.45, 2.75) is 13.0 Å². The average molecular weight is 279 g/mol. The molecule has 1 atom stereocenters. The third-order valence-corrected chi connectivity index (χ3v) is 3.40. The van der Waals surface area contributed by atoms with E-state index in [0.717, 1.165) is 17.1 Å². The lowest BCUT2D eigenvalue weighted by Crippen LogP contribution is -2.18. The van der Waals surface area contributed by atoms with Gasteiger partial charge in [0.2, 0.25) is 6.79 Å². The summed E-state index contributed by atoms with van der Waals surface area (Å²) in [5.41, 5.74) is 2.20. The molecular formula is C18H17NO2. The van der Waals surface area contributed by atoms with E-state index in [1.165, 1.54) is 5.56 Å². The molecule has 0 radical (unpaired) electrons. The first kappa shape index (κ1) is 13.5. The minimum absolute atomic E-state index is 0.213. The first-order valence-corrected chi connectivity index (χ1v) is 7.00. The SMILES string of the molecule is CC(NCC#Cc1ccccc1)c1ccc2c(c1)OCO2. The van der Waals surface area contributed by atoms with Gasteiger partial charge in [-0.1, -0.05) is 36.1 Å². The smallest absolute Gasteiger partial charge is 0.231 e. The molecule has 1 unspecified atom stereocenters. The van der Waals surface area contributed by atoms with Gasteiger partial charge < -0.3 is 9.47 Å². The summed E-state index contributed by atoms with van der Waals surface area (Å²) in [5.74, 6) is 7.90. The van der Waals surface area contributed by atoms with Crippen LogP contribution < -0.4 is 14.8 Å². The molecule has 0 aliphatic carbocycles. The van der Waals surface area contributed by atoms with Crippen LogP contribution in [0.25, 0.3) is 0 Å². The Morgan fingerprint density at radius 1 is 1.10 bits per heavy atom. The summed E-state index contributed by atoms with van der Waals surface area (Å²) in [7, 11) is 0. The van der Waals surface area contributed by atoms with E-state index in [2.05, 4.69) is 30.1 Å². The summed E-state index contributed by atoms with van der Waals surface area (Å²) in [6, 6.07) is 16.2. The molecule has 0 saturated heterocycles. The van der Waals surface area contributed by atoms with Crippen molar-refractivity contribution >= 4 is 0 Å². The third kappa shape index (κ3) is 3.36. The fourth-order valence-corrected chi connectivity index (χ4v) is 2.17. The fraction of sp³-hybridized carbons (Fsp3) is 0.222. The van der Waals surface area contributed by atoms with Gasteiger partial charge in [0.05, 0.1) is 6.54 Å². The molecule has 3 heteroatoms. The van der Waals surface area contributed by atoms with Crippen LogP contribution in [0.1, 0.15) is 24.1 Å². The fourth-order valence-electron chi connectivity index (χ4n) is 2.17. The second kappa shape index (κ2) is 6.34. The molecule has 106 valence electrons. The van der Waals surface area contributed by atoms with Crippen LogP contribution in [0.2, 0.25) is 0 Å². The average Bonchev–Trinajstić information content (AvgIpc) is 3.00. The number of hydrogen-bond acceptors (Lipinski definition) is 3. The number of nitrogens with one attached hydrogen (secondary N) is 1. The van der Waals surface area contributed by atoms with Crippen LogP contribution in [0.3, 0.4) is 0 Å². The van der Waals surface area contributed by atoms with Crippen LogP contribution in [0.4, 0.5) is 0 Å². The zero-order valence-electron chi connectivity index (χ0n) is 11.9. The van der Waals surface area contributed by atoms with Gasteiger partial charge in [0.15, 0.2) is 11.5 Å². The Hall–Kier alpha value is -2.44. The van der Waals surface area contributed by atoms with Gasteiger partial charge in [-0.2, -0.15) is 0 Å². The molecule has 0 amide bonds. The number of benzene rings is 2. The number of ether oxygens (including phenoxy) is 2. The lowest BCUT2D eigenvalue weighted by molar-refractivity contribution is 0.174. The van der Waals surface area contributed by atoms with E-state index >= 15 is 0 Å². The minimum Gasteiger partial charge on any atom is -0.454 e. The van der Waals surface area contributed by atoms with Crippen molar-refractivity contribution in [1.82, 2.24) is 5.32 Å². The van der Waals surface area contributed by atoms with Crippen molar-refractivity contribution in [3.8, 4) is 23.3 Å². The topological polar surface area (TPSA) is 30.5 Å². The van der Waals surface area contributed by atoms with Crippen LogP contribution in [0.5, 0.6) is 11.5 Å². The Balaban J connectivity index is 1.57. The normalized spacial score (nSPS) is 13.4. The van der Waals surface area contributed by atoms with Gasteiger partial charge in [0.1, 0.15) is 0 Å². The van der Waals surface area contributed by atoms with E-state index in [9.17, 15) is 0 Å². The molecule has 1 heterocycles. The van der Waals surface area contributed by atoms with Gasteiger partial charge in [-0.15, -0.1) is 0 Å². The van der Waals surface area contributed by atoms with Crippen molar-refractivity contribution in [3.63, 3.8) is 0 Å². The van der Waals surface area contributed by atoms with E-state index in [4.69, 9.17) is 9.47 Å². The van der Waals surface area contributed by atoms with Crippen LogP contribution in [0.15, 0.2) is 48.5 Å². The lowest BCUT2D eigenvalue weighted by atomic mass is 10.1. The Kier molecular flexibility index (Phi) is 4.09. The van der Waals surface area contributed by atoms with Gasteiger partial charge in [0, 0.05) is 11.6 Å². The molecule has 2 aromatic carbocycles. The monoisotopic (exact) mass is 279 g/mol. The van der Waals surface area contributed by atoms with Crippen molar-refractivity contribution in [1.29, 1.82) is 0 Å². The van der Waals surface area contributed by atoms with E-state index < -0.39 is 0 Å². The summed E-state index contributed by atoms with van der Waals surface area (Å²) in [6.45, 7) is 3.06. The molecule has 0 spiro atoms. The predicted molar refractivity (Wildman–Crippen MR) is 82.3 cm³/mol. The molecule has 3 nitrogen and oxygen atoms in total. The largest absolute Gasteiger partial charge is 0.454 e. The Morgan fingerprint density at radius 2 is 1.90 bits per heavy atom. The van der Waals surface area contributed by atoms with E-state index in [0.29, 0.717) is 13.3 Å². The van der Waals surface area contributed by atoms with Crippen LogP contribution in [0, 0.1) is 11.8 Å². The summed E-state index contributed by atoms with van der Waals surface area (Å²) in [6.07, 6.45) is 0. The molecule has 0 aromatic heterocycles. The number of rotatable bonds is 3. The minimum atomic E-state index is 0.213. The quantitative estimate of drug-likeness (QED) is 0.876. The second-order valence-corrected chi connectivity index (χ2v) is 4.88. The Labute approximate surface area is 124 Å². The zero-order chi connectivity index (χ0) is 14.5. The highest BCUT2D eigenvalue weighted by atomic mass is 16.7. The van der Waals surface area contributed by atoms with E-state index in [1.54, 1.807) is 0 Å². The molecular weight excluding hydrogens is 262 g/mol. The molecule has 0 fully saturated rings. The molecule has 2 aromatic rings. The first-order valence-electron chi connectivity index (χ1n) is 7.00. The Bertz CT molecular complexity index is 671. The van der Waals surface area contributed by atoms with Crippen LogP contribution >= 0.6 is 0 Å². The number of fused-ring (bicyclic) bond motifs is 1. The summed E-state index contributed by atoms with van der Waals surface area (Å²) in [4.78, 5) is 0. The number of hydrogen-bond donors (Lipinski definition) is 1. The van der Waals surface area contributed by atoms with Crippen molar-refractivity contribution < 1.29 is 9.47 Å². The lowest BCUT2D eigenvalue weighted by Gasteiger charge is -2.12. The third-order valence-electron chi connectivity index (χ3n) is 3.40. The van der Waals surface area contributed by atoms with Gasteiger partial charge in [-0.05, 0) is 36.8 Å². The Morgan fingerprint density at radius 3 is 2.76 bits per heavy atom. The van der Waals surface area contributed by atoms with Crippen molar-refractivity contribution in [3.05, 3.63) is 59.7 Å². The van der Waals surface area contributed by atoms with Crippen LogP contribution in [-0.4, -0.2) is 13.3 Å². The summed E-state index contributed by atoms with van der Waals surface area (Å²) < 4.78 is 10.7. The maximum atomic E-state index is 5.39. The van der Waals surface area contributed by atoms with Gasteiger partial charge >= 0.3 is 0 Å². The van der Waals surface area contributed by atoms with E-state index in [1.807, 2.05) is 42.5 Å². The van der Waals surface area contributed by atoms with Gasteiger partial charge in [-0.3, -0.25) is 5.32 Å². The molecule has 0 bridgehead atoms. The summed E-state index contributed by atoms with van der Waals surface area (Å²) in [5, 5.41) is 3.39. The van der Waals surface area contributed by atoms with Gasteiger partial charge in [0.25, 0.3) is 0 Å². The highest BCUT2D eigenvalue weighted by Crippen LogP contribution is 2.33. The maximum Gasteiger partial charge on any atom is 0.231 e. The molecule has 3 rings (SSSR count). The second-order valence-electron chi connectivity index (χ2n) is 4.88. The molecule has 1 aliphatic heterocycles. The van der Waals surface area contributed by atoms with Gasteiger partial charge in [-0.25, -0.2) is 0 Å². The van der Waals surface area contributed by atoms with Crippen LogP contribution in [-0.2, 0) is 0 Å². The standard InChI is InChI=1S/C18H17NO2/c1-14(16-9-10-17-18(12-16)21-13-20-17)19-11-5-8-15-6-3-2-4-7-15/h2-4,6-7,9-10,12,14,19H,11,13H2,1H3. The van der Waals surface area contributed by atoms with Crippen molar-refractivity contribution in [2.75, 3.05) is 13.3 Å². The van der Waals surface area contributed by atoms with Crippen molar-refractivity contribution in [2.24, 2.45) is 0 Å². The molecule has 0 saturated carbocycles. The highest BCUT2D eigenvalue weighted by molar-refractivity contribution is 5.45. The zero-order valence-corrected chi connectivity index (χ0v) is 11.9.